The number of carbonyl (C=O) groups is 4. The summed E-state index contributed by atoms with van der Waals surface area (Å²) in [5, 5.41) is 18.3. The molecule has 0 saturated heterocycles. The van der Waals surface area contributed by atoms with Crippen molar-refractivity contribution in [2.24, 2.45) is 0 Å². The molecule has 16 heteroatoms. The van der Waals surface area contributed by atoms with Crippen LogP contribution < -0.4 is 16.0 Å². The molecule has 4 aliphatic carbocycles. The minimum Gasteiger partial charge on any atom is -0.478 e. The van der Waals surface area contributed by atoms with Gasteiger partial charge in [-0.25, -0.2) is 24.7 Å². The number of amides is 3. The number of rotatable bonds is 6. The highest BCUT2D eigenvalue weighted by Crippen LogP contribution is 2.54. The zero-order chi connectivity index (χ0) is 44.0. The Balaban J connectivity index is 0.000000140. The van der Waals surface area contributed by atoms with Crippen molar-refractivity contribution in [3.8, 4) is 45.6 Å². The van der Waals surface area contributed by atoms with E-state index >= 15 is 0 Å². The fourth-order valence-corrected chi connectivity index (χ4v) is 9.94. The Hall–Kier alpha value is -7.88. The Morgan fingerprint density at radius 1 is 0.646 bits per heavy atom. The van der Waals surface area contributed by atoms with Crippen LogP contribution in [0.1, 0.15) is 106 Å². The quantitative estimate of drug-likeness (QED) is 0.123. The fourth-order valence-electron chi connectivity index (χ4n) is 9.94. The number of carboxylic acid groups (broad SMARTS) is 1. The highest BCUT2D eigenvalue weighted by atomic mass is 16.4. The molecule has 0 radical (unpaired) electrons. The molecule has 0 unspecified atom stereocenters. The van der Waals surface area contributed by atoms with Gasteiger partial charge in [-0.3, -0.25) is 24.4 Å². The Kier molecular flexibility index (Phi) is 8.70. The van der Waals surface area contributed by atoms with Gasteiger partial charge in [0, 0.05) is 90.2 Å². The molecule has 322 valence electrons. The number of nitrogens with zero attached hydrogens (tertiary/aromatic N) is 6. The predicted octanol–water partition coefficient (Wildman–Crippen LogP) is 5.44. The number of hydrogen-bond acceptors (Lipinski definition) is 10. The molecule has 13 rings (SSSR count). The fraction of sp³-hybridized carbons (Fsp3) is 0.265. The van der Waals surface area contributed by atoms with Gasteiger partial charge in [0.05, 0.1) is 45.0 Å². The highest BCUT2D eigenvalue weighted by molar-refractivity contribution is 6.02. The number of aryl methyl sites for hydroxylation is 2. The number of H-pyrrole nitrogens is 2. The molecule has 6 aliphatic rings. The van der Waals surface area contributed by atoms with Crippen LogP contribution in [0, 0.1) is 0 Å². The molecule has 0 atom stereocenters. The summed E-state index contributed by atoms with van der Waals surface area (Å²) in [4.78, 5) is 83.5. The zero-order valence-corrected chi connectivity index (χ0v) is 35.0. The number of aromatic carboxylic acids is 1. The molecule has 2 spiro atoms. The van der Waals surface area contributed by atoms with Crippen LogP contribution in [0.3, 0.4) is 0 Å². The topological polar surface area (TPSA) is 234 Å². The number of carboxylic acids is 1. The largest absolute Gasteiger partial charge is 0.478 e. The second-order valence-corrected chi connectivity index (χ2v) is 17.9. The zero-order valence-electron chi connectivity index (χ0n) is 35.0. The lowest BCUT2D eigenvalue weighted by atomic mass is 9.88. The van der Waals surface area contributed by atoms with Gasteiger partial charge in [-0.2, -0.15) is 0 Å². The molecule has 6 N–H and O–H groups in total. The van der Waals surface area contributed by atoms with Gasteiger partial charge in [0.1, 0.15) is 0 Å². The van der Waals surface area contributed by atoms with E-state index in [2.05, 4.69) is 45.9 Å². The van der Waals surface area contributed by atoms with Crippen LogP contribution in [0.15, 0.2) is 79.6 Å². The second kappa shape index (κ2) is 14.6. The Bertz CT molecular complexity index is 3180. The first-order chi connectivity index (χ1) is 31.7. The second-order valence-electron chi connectivity index (χ2n) is 17.9. The number of aromatic nitrogens is 8. The van der Waals surface area contributed by atoms with Crippen LogP contribution in [0.25, 0.3) is 45.6 Å². The van der Waals surface area contributed by atoms with Gasteiger partial charge in [0.2, 0.25) is 0 Å². The number of fused-ring (bicyclic) bond motifs is 12. The monoisotopic (exact) mass is 863 g/mol. The summed E-state index contributed by atoms with van der Waals surface area (Å²) in [5.74, 6) is -0.318. The first kappa shape index (κ1) is 38.8. The molecule has 1 aromatic carbocycles. The van der Waals surface area contributed by atoms with Gasteiger partial charge >= 0.3 is 5.97 Å². The molecule has 2 fully saturated rings. The first-order valence-electron chi connectivity index (χ1n) is 21.9. The Morgan fingerprint density at radius 3 is 1.66 bits per heavy atom. The van der Waals surface area contributed by atoms with Crippen LogP contribution in [0.5, 0.6) is 0 Å². The van der Waals surface area contributed by atoms with E-state index in [0.717, 1.165) is 124 Å². The van der Waals surface area contributed by atoms with Crippen molar-refractivity contribution in [2.75, 3.05) is 13.1 Å². The molecule has 0 bridgehead atoms. The molecule has 2 saturated carbocycles. The van der Waals surface area contributed by atoms with Gasteiger partial charge in [0.15, 0.2) is 11.6 Å². The van der Waals surface area contributed by atoms with E-state index in [-0.39, 0.29) is 34.1 Å². The molecule has 8 heterocycles. The molecule has 16 nitrogen and oxygen atoms in total. The van der Waals surface area contributed by atoms with Crippen molar-refractivity contribution in [1.29, 1.82) is 0 Å². The summed E-state index contributed by atoms with van der Waals surface area (Å²) in [5.41, 5.74) is 14.2. The lowest BCUT2D eigenvalue weighted by Gasteiger charge is -2.23. The van der Waals surface area contributed by atoms with Crippen LogP contribution in [-0.2, 0) is 43.1 Å². The number of aromatic amines is 2. The van der Waals surface area contributed by atoms with Crippen molar-refractivity contribution in [3.05, 3.63) is 141 Å². The average Bonchev–Trinajstić information content (AvgIpc) is 4.23. The van der Waals surface area contributed by atoms with Gasteiger partial charge in [0.25, 0.3) is 17.7 Å². The maximum absolute atomic E-state index is 12.8. The minimum atomic E-state index is -1.04. The van der Waals surface area contributed by atoms with E-state index in [9.17, 15) is 24.3 Å². The van der Waals surface area contributed by atoms with Crippen LogP contribution in [0.2, 0.25) is 0 Å². The van der Waals surface area contributed by atoms with Crippen LogP contribution in [-0.4, -0.2) is 81.8 Å². The number of hydrogen-bond donors (Lipinski definition) is 6. The molecule has 2 aliphatic heterocycles. The summed E-state index contributed by atoms with van der Waals surface area (Å²) in [6, 6.07) is 13.1. The Morgan fingerprint density at radius 2 is 1.15 bits per heavy atom. The normalized spacial score (nSPS) is 17.1. The van der Waals surface area contributed by atoms with Crippen molar-refractivity contribution >= 4 is 23.7 Å². The predicted molar refractivity (Wildman–Crippen MR) is 236 cm³/mol. The maximum atomic E-state index is 12.8. The van der Waals surface area contributed by atoms with Gasteiger partial charge in [-0.05, 0) is 91.3 Å². The molecule has 3 amide bonds. The highest BCUT2D eigenvalue weighted by Gasteiger charge is 2.53. The van der Waals surface area contributed by atoms with Crippen molar-refractivity contribution < 1.29 is 24.3 Å². The number of benzene rings is 1. The molecule has 65 heavy (non-hydrogen) atoms. The molecular formula is C49H41N11O5. The summed E-state index contributed by atoms with van der Waals surface area (Å²) in [6.45, 7) is 1.83. The smallest absolute Gasteiger partial charge is 0.337 e. The standard InChI is InChI=1S/C28H24N6O2.C21H17N5O3/c35-26(31-11-16-4-2-1-3-5-16)19-10-18(12-29-13-19)25-30-14-17-6-7-20-21-24(33-23(20)22(17)34-25)28(8-9-28)15-32-27(21)36;27-19-14-13-2-1-10-8-23-18(11-5-12(20(28)29)7-22-6-11)26-15(10)16(13)25-17(14)21(3-4-21)9-24-19/h1-5,10,12-14,33H,6-9,11,15H2,(H,31,35)(H,32,36);5-8,25H,1-4,9H2,(H,24,27)(H,28,29). The lowest BCUT2D eigenvalue weighted by Crippen LogP contribution is -2.39. The Labute approximate surface area is 371 Å². The number of pyridine rings is 2. The van der Waals surface area contributed by atoms with Crippen molar-refractivity contribution in [1.82, 2.24) is 55.8 Å². The molecule has 7 aromatic rings. The summed E-state index contributed by atoms with van der Waals surface area (Å²) in [6.07, 6.45) is 17.2. The third-order valence-electron chi connectivity index (χ3n) is 13.9. The average molecular weight is 864 g/mol. The number of carbonyl (C=O) groups excluding carboxylic acids is 3. The van der Waals surface area contributed by atoms with E-state index in [1.54, 1.807) is 30.9 Å². The maximum Gasteiger partial charge on any atom is 0.337 e. The van der Waals surface area contributed by atoms with Gasteiger partial charge in [-0.15, -0.1) is 0 Å². The molecule has 6 aromatic heterocycles. The van der Waals surface area contributed by atoms with Crippen LogP contribution in [0.4, 0.5) is 0 Å². The van der Waals surface area contributed by atoms with E-state index in [1.807, 2.05) is 36.5 Å². The lowest BCUT2D eigenvalue weighted by molar-refractivity contribution is 0.0695. The van der Waals surface area contributed by atoms with Crippen molar-refractivity contribution in [2.45, 2.75) is 68.7 Å². The van der Waals surface area contributed by atoms with Gasteiger partial charge < -0.3 is 31.0 Å². The summed E-state index contributed by atoms with van der Waals surface area (Å²) < 4.78 is 0. The summed E-state index contributed by atoms with van der Waals surface area (Å²) in [7, 11) is 0. The SMILES string of the molecule is O=C(NCc1ccccc1)c1cncc(-c2ncc3c(n2)-c2[nH]c4c(c2CC3)C(=O)NCC42CC2)c1.O=C(O)c1cncc(-c2ncc3c(n2)-c2[nH]c4c(c2CC3)C(=O)NCC42CC2)c1. The van der Waals surface area contributed by atoms with Gasteiger partial charge in [-0.1, -0.05) is 30.3 Å². The van der Waals surface area contributed by atoms with E-state index in [1.165, 1.54) is 12.3 Å². The summed E-state index contributed by atoms with van der Waals surface area (Å²) >= 11 is 0. The number of nitrogens with one attached hydrogen (secondary N) is 5. The minimum absolute atomic E-state index is 0.00823. The molecular weight excluding hydrogens is 823 g/mol. The van der Waals surface area contributed by atoms with Crippen LogP contribution >= 0.6 is 0 Å². The third kappa shape index (κ3) is 6.49. The van der Waals surface area contributed by atoms with E-state index in [4.69, 9.17) is 9.97 Å². The first-order valence-corrected chi connectivity index (χ1v) is 21.9. The van der Waals surface area contributed by atoms with Crippen molar-refractivity contribution in [3.63, 3.8) is 0 Å². The third-order valence-corrected chi connectivity index (χ3v) is 13.9. The van der Waals surface area contributed by atoms with E-state index in [0.29, 0.717) is 48.0 Å². The van der Waals surface area contributed by atoms with E-state index < -0.39 is 5.97 Å².